The van der Waals surface area contributed by atoms with Crippen molar-refractivity contribution in [2.45, 2.75) is 6.67 Å². The molecule has 0 aliphatic rings. The summed E-state index contributed by atoms with van der Waals surface area (Å²) in [4.78, 5) is 8.71. The third-order valence-electron chi connectivity index (χ3n) is 3.25. The molecule has 0 spiro atoms. The molecule has 5 heteroatoms. The molecule has 0 atom stereocenters. The van der Waals surface area contributed by atoms with E-state index < -0.39 is 6.67 Å². The van der Waals surface area contributed by atoms with Crippen molar-refractivity contribution in [2.75, 3.05) is 0 Å². The Bertz CT molecular complexity index is 821. The molecule has 1 aromatic heterocycles. The fourth-order valence-corrected chi connectivity index (χ4v) is 2.62. The van der Waals surface area contributed by atoms with Gasteiger partial charge in [-0.25, -0.2) is 14.4 Å². The van der Waals surface area contributed by atoms with Crippen LogP contribution in [0.15, 0.2) is 54.6 Å². The zero-order valence-electron chi connectivity index (χ0n) is 11.4. The summed E-state index contributed by atoms with van der Waals surface area (Å²) in [5.74, 6) is 0.385. The first kappa shape index (κ1) is 14.9. The van der Waals surface area contributed by atoms with E-state index in [1.54, 1.807) is 30.3 Å². The lowest BCUT2D eigenvalue weighted by Gasteiger charge is -2.09. The van der Waals surface area contributed by atoms with E-state index in [9.17, 15) is 4.39 Å². The topological polar surface area (TPSA) is 25.8 Å². The van der Waals surface area contributed by atoms with Crippen molar-refractivity contribution < 1.29 is 4.39 Å². The van der Waals surface area contributed by atoms with Gasteiger partial charge in [-0.15, -0.1) is 0 Å². The fraction of sp³-hybridized carbons (Fsp3) is 0.0588. The van der Waals surface area contributed by atoms with Crippen LogP contribution >= 0.6 is 23.2 Å². The van der Waals surface area contributed by atoms with Crippen LogP contribution in [0.4, 0.5) is 4.39 Å². The maximum Gasteiger partial charge on any atom is 0.161 e. The predicted octanol–water partition coefficient (Wildman–Crippen LogP) is 5.59. The highest BCUT2D eigenvalue weighted by Gasteiger charge is 2.12. The zero-order chi connectivity index (χ0) is 15.5. The summed E-state index contributed by atoms with van der Waals surface area (Å²) in [6.07, 6.45) is 0. The van der Waals surface area contributed by atoms with Gasteiger partial charge < -0.3 is 0 Å². The van der Waals surface area contributed by atoms with Gasteiger partial charge in [0.05, 0.1) is 5.69 Å². The van der Waals surface area contributed by atoms with Crippen LogP contribution in [0.5, 0.6) is 0 Å². The Morgan fingerprint density at radius 2 is 1.55 bits per heavy atom. The molecule has 1 heterocycles. The summed E-state index contributed by atoms with van der Waals surface area (Å²) in [7, 11) is 0. The molecule has 0 aliphatic heterocycles. The summed E-state index contributed by atoms with van der Waals surface area (Å²) in [5.41, 5.74) is 2.51. The lowest BCUT2D eigenvalue weighted by molar-refractivity contribution is 0.486. The standard InChI is InChI=1S/C17H11Cl2FN2/c18-14-8-4-3-7-13(14)15-9-16(19)22-17(21-15)12-6-2-1-5-11(12)10-20/h1-9H,10H2. The van der Waals surface area contributed by atoms with Crippen LogP contribution in [-0.4, -0.2) is 9.97 Å². The molecule has 3 aromatic rings. The molecule has 3 rings (SSSR count). The van der Waals surface area contributed by atoms with Crippen molar-refractivity contribution in [3.05, 3.63) is 70.3 Å². The number of hydrogen-bond donors (Lipinski definition) is 0. The van der Waals surface area contributed by atoms with Gasteiger partial charge in [-0.1, -0.05) is 65.7 Å². The van der Waals surface area contributed by atoms with E-state index in [1.807, 2.05) is 24.3 Å². The molecule has 0 saturated carbocycles. The maximum absolute atomic E-state index is 13.2. The Morgan fingerprint density at radius 3 is 2.27 bits per heavy atom. The van der Waals surface area contributed by atoms with Gasteiger partial charge >= 0.3 is 0 Å². The molecular weight excluding hydrogens is 322 g/mol. The second kappa shape index (κ2) is 6.42. The van der Waals surface area contributed by atoms with Gasteiger partial charge in [-0.05, 0) is 11.6 Å². The van der Waals surface area contributed by atoms with Gasteiger partial charge in [0, 0.05) is 22.2 Å². The number of alkyl halides is 1. The summed E-state index contributed by atoms with van der Waals surface area (Å²) in [6, 6.07) is 16.1. The second-order valence-electron chi connectivity index (χ2n) is 4.67. The largest absolute Gasteiger partial charge is 0.246 e. The molecule has 0 N–H and O–H groups in total. The minimum atomic E-state index is -0.590. The summed E-state index contributed by atoms with van der Waals surface area (Å²) in [5, 5.41) is 0.857. The zero-order valence-corrected chi connectivity index (χ0v) is 12.9. The monoisotopic (exact) mass is 332 g/mol. The Kier molecular flexibility index (Phi) is 4.36. The molecular formula is C17H11Cl2FN2. The molecule has 2 nitrogen and oxygen atoms in total. The van der Waals surface area contributed by atoms with Crippen LogP contribution in [0.1, 0.15) is 5.56 Å². The molecule has 0 saturated heterocycles. The van der Waals surface area contributed by atoms with E-state index >= 15 is 0 Å². The predicted molar refractivity (Wildman–Crippen MR) is 87.7 cm³/mol. The number of nitrogens with zero attached hydrogens (tertiary/aromatic N) is 2. The molecule has 0 fully saturated rings. The average molecular weight is 333 g/mol. The van der Waals surface area contributed by atoms with Crippen LogP contribution in [0.3, 0.4) is 0 Å². The van der Waals surface area contributed by atoms with E-state index in [1.165, 1.54) is 0 Å². The fourth-order valence-electron chi connectivity index (χ4n) is 2.20. The smallest absolute Gasteiger partial charge is 0.161 e. The van der Waals surface area contributed by atoms with E-state index in [-0.39, 0.29) is 5.15 Å². The summed E-state index contributed by atoms with van der Waals surface area (Å²) in [6.45, 7) is -0.590. The summed E-state index contributed by atoms with van der Waals surface area (Å²) < 4.78 is 13.2. The number of halogens is 3. The van der Waals surface area contributed by atoms with Crippen molar-refractivity contribution in [1.29, 1.82) is 0 Å². The number of benzene rings is 2. The first-order chi connectivity index (χ1) is 10.7. The minimum absolute atomic E-state index is 0.286. The van der Waals surface area contributed by atoms with Crippen LogP contribution in [-0.2, 0) is 6.67 Å². The average Bonchev–Trinajstić information content (AvgIpc) is 2.54. The van der Waals surface area contributed by atoms with Crippen molar-refractivity contribution in [3.63, 3.8) is 0 Å². The van der Waals surface area contributed by atoms with Crippen molar-refractivity contribution >= 4 is 23.2 Å². The minimum Gasteiger partial charge on any atom is -0.246 e. The lowest BCUT2D eigenvalue weighted by atomic mass is 10.1. The number of aromatic nitrogens is 2. The van der Waals surface area contributed by atoms with Crippen LogP contribution < -0.4 is 0 Å². The third-order valence-corrected chi connectivity index (χ3v) is 3.77. The molecule has 2 aromatic carbocycles. The molecule has 110 valence electrons. The SMILES string of the molecule is FCc1ccccc1-c1nc(Cl)cc(-c2ccccc2Cl)n1. The van der Waals surface area contributed by atoms with Gasteiger partial charge in [0.15, 0.2) is 5.82 Å². The summed E-state index contributed by atoms with van der Waals surface area (Å²) >= 11 is 12.3. The Morgan fingerprint density at radius 1 is 0.864 bits per heavy atom. The molecule has 0 amide bonds. The van der Waals surface area contributed by atoms with Gasteiger partial charge in [-0.2, -0.15) is 0 Å². The van der Waals surface area contributed by atoms with Crippen molar-refractivity contribution in [2.24, 2.45) is 0 Å². The van der Waals surface area contributed by atoms with Crippen LogP contribution in [0.25, 0.3) is 22.6 Å². The molecule has 0 bridgehead atoms. The Labute approximate surface area is 137 Å². The van der Waals surface area contributed by atoms with Gasteiger partial charge in [0.25, 0.3) is 0 Å². The normalized spacial score (nSPS) is 10.7. The van der Waals surface area contributed by atoms with Crippen molar-refractivity contribution in [3.8, 4) is 22.6 Å². The van der Waals surface area contributed by atoms with E-state index in [2.05, 4.69) is 9.97 Å². The lowest BCUT2D eigenvalue weighted by Crippen LogP contribution is -1.96. The van der Waals surface area contributed by atoms with E-state index in [4.69, 9.17) is 23.2 Å². The van der Waals surface area contributed by atoms with Gasteiger partial charge in [-0.3, -0.25) is 0 Å². The Hall–Kier alpha value is -1.97. The highest BCUT2D eigenvalue weighted by Crippen LogP contribution is 2.30. The van der Waals surface area contributed by atoms with Crippen LogP contribution in [0.2, 0.25) is 10.2 Å². The van der Waals surface area contributed by atoms with Crippen LogP contribution in [0, 0.1) is 0 Å². The molecule has 22 heavy (non-hydrogen) atoms. The van der Waals surface area contributed by atoms with Gasteiger partial charge in [0.2, 0.25) is 0 Å². The van der Waals surface area contributed by atoms with E-state index in [0.717, 1.165) is 5.56 Å². The quantitative estimate of drug-likeness (QED) is 0.584. The maximum atomic E-state index is 13.2. The van der Waals surface area contributed by atoms with Crippen molar-refractivity contribution in [1.82, 2.24) is 9.97 Å². The highest BCUT2D eigenvalue weighted by molar-refractivity contribution is 6.33. The number of rotatable bonds is 3. The second-order valence-corrected chi connectivity index (χ2v) is 5.46. The number of hydrogen-bond acceptors (Lipinski definition) is 2. The van der Waals surface area contributed by atoms with E-state index in [0.29, 0.717) is 27.7 Å². The first-order valence-corrected chi connectivity index (χ1v) is 7.38. The Balaban J connectivity index is 2.17. The highest BCUT2D eigenvalue weighted by atomic mass is 35.5. The third kappa shape index (κ3) is 2.96. The van der Waals surface area contributed by atoms with Gasteiger partial charge in [0.1, 0.15) is 11.8 Å². The molecule has 0 radical (unpaired) electrons. The molecule has 0 aliphatic carbocycles. The molecule has 0 unspecified atom stereocenters. The first-order valence-electron chi connectivity index (χ1n) is 6.63.